The number of halogens is 1. The van der Waals surface area contributed by atoms with Gasteiger partial charge in [-0.15, -0.1) is 0 Å². The van der Waals surface area contributed by atoms with Crippen molar-refractivity contribution < 1.29 is 19.2 Å². The van der Waals surface area contributed by atoms with Crippen molar-refractivity contribution in [1.82, 2.24) is 9.88 Å². The molecule has 1 heterocycles. The molecule has 142 valence electrons. The molecule has 2 aromatic rings. The molecule has 27 heavy (non-hydrogen) atoms. The zero-order valence-corrected chi connectivity index (χ0v) is 15.4. The molecular weight excluding hydrogens is 376 g/mol. The molecule has 0 saturated carbocycles. The predicted molar refractivity (Wildman–Crippen MR) is 98.8 cm³/mol. The zero-order valence-electron chi connectivity index (χ0n) is 14.6. The molecule has 2 rings (SSSR count). The van der Waals surface area contributed by atoms with Gasteiger partial charge in [0.1, 0.15) is 5.69 Å². The average molecular weight is 393 g/mol. The molecule has 0 fully saturated rings. The fourth-order valence-corrected chi connectivity index (χ4v) is 2.26. The fourth-order valence-electron chi connectivity index (χ4n) is 2.08. The summed E-state index contributed by atoms with van der Waals surface area (Å²) in [6.45, 7) is 0.899. The van der Waals surface area contributed by atoms with Gasteiger partial charge in [-0.2, -0.15) is 0 Å². The van der Waals surface area contributed by atoms with Gasteiger partial charge in [-0.05, 0) is 34.2 Å². The summed E-state index contributed by atoms with van der Waals surface area (Å²) in [5.74, 6) is -1.56. The number of nitro groups is 1. The number of para-hydroxylation sites is 1. The molecule has 0 radical (unpaired) electrons. The number of carbonyl (C=O) groups is 2. The summed E-state index contributed by atoms with van der Waals surface area (Å²) in [7, 11) is 1.42. The molecular formula is C17H17ClN4O5. The zero-order chi connectivity index (χ0) is 20.0. The standard InChI is InChI=1S/C17H17ClN4O5/c1-11-7-8-14(17(19-11)22(25)26)27-10-16(24)21(2)9-15(23)20-13-6-4-3-5-12(13)18/h3-8H,9-10H2,1-2H3,(H,20,23). The Bertz CT molecular complexity index is 874. The number of amides is 2. The second-order valence-corrected chi connectivity index (χ2v) is 6.01. The first kappa shape index (κ1) is 20.1. The van der Waals surface area contributed by atoms with E-state index in [-0.39, 0.29) is 12.3 Å². The average Bonchev–Trinajstić information content (AvgIpc) is 2.62. The molecule has 0 bridgehead atoms. The van der Waals surface area contributed by atoms with Crippen molar-refractivity contribution in [3.63, 3.8) is 0 Å². The van der Waals surface area contributed by atoms with Crippen LogP contribution < -0.4 is 10.1 Å². The number of aromatic nitrogens is 1. The van der Waals surface area contributed by atoms with Crippen LogP contribution in [0.15, 0.2) is 36.4 Å². The number of ether oxygens (including phenoxy) is 1. The van der Waals surface area contributed by atoms with E-state index in [1.54, 1.807) is 31.2 Å². The van der Waals surface area contributed by atoms with E-state index >= 15 is 0 Å². The lowest BCUT2D eigenvalue weighted by molar-refractivity contribution is -0.390. The first-order valence-electron chi connectivity index (χ1n) is 7.81. The topological polar surface area (TPSA) is 115 Å². The van der Waals surface area contributed by atoms with Crippen molar-refractivity contribution in [3.8, 4) is 5.75 Å². The normalized spacial score (nSPS) is 10.2. The van der Waals surface area contributed by atoms with Crippen molar-refractivity contribution in [2.24, 2.45) is 0 Å². The summed E-state index contributed by atoms with van der Waals surface area (Å²) in [6, 6.07) is 9.61. The van der Waals surface area contributed by atoms with Crippen molar-refractivity contribution in [2.75, 3.05) is 25.5 Å². The van der Waals surface area contributed by atoms with E-state index in [9.17, 15) is 19.7 Å². The van der Waals surface area contributed by atoms with Gasteiger partial charge in [-0.25, -0.2) is 0 Å². The van der Waals surface area contributed by atoms with E-state index in [0.717, 1.165) is 4.90 Å². The summed E-state index contributed by atoms with van der Waals surface area (Å²) in [6.07, 6.45) is 0. The quantitative estimate of drug-likeness (QED) is 0.571. The smallest absolute Gasteiger partial charge is 0.406 e. The van der Waals surface area contributed by atoms with Gasteiger partial charge in [-0.3, -0.25) is 9.59 Å². The maximum absolute atomic E-state index is 12.1. The maximum atomic E-state index is 12.1. The Balaban J connectivity index is 1.91. The number of hydrogen-bond donors (Lipinski definition) is 1. The molecule has 0 saturated heterocycles. The molecule has 2 amide bonds. The van der Waals surface area contributed by atoms with Gasteiger partial charge in [0.2, 0.25) is 11.7 Å². The number of nitrogens with zero attached hydrogens (tertiary/aromatic N) is 3. The number of rotatable bonds is 7. The highest BCUT2D eigenvalue weighted by atomic mass is 35.5. The molecule has 1 N–H and O–H groups in total. The molecule has 0 atom stereocenters. The monoisotopic (exact) mass is 392 g/mol. The predicted octanol–water partition coefficient (Wildman–Crippen LogP) is 2.43. The number of pyridine rings is 1. The van der Waals surface area contributed by atoms with Gasteiger partial charge < -0.3 is 25.1 Å². The van der Waals surface area contributed by atoms with E-state index in [1.165, 1.54) is 19.2 Å². The lowest BCUT2D eigenvalue weighted by atomic mass is 10.3. The summed E-state index contributed by atoms with van der Waals surface area (Å²) >= 11 is 5.96. The number of likely N-dealkylation sites (N-methyl/N-ethyl adjacent to an activating group) is 1. The van der Waals surface area contributed by atoms with Crippen molar-refractivity contribution in [1.29, 1.82) is 0 Å². The Hall–Kier alpha value is -3.20. The van der Waals surface area contributed by atoms with Crippen LogP contribution in [0.4, 0.5) is 11.5 Å². The van der Waals surface area contributed by atoms with E-state index < -0.39 is 29.2 Å². The second-order valence-electron chi connectivity index (χ2n) is 5.60. The van der Waals surface area contributed by atoms with E-state index in [2.05, 4.69) is 10.3 Å². The molecule has 0 aliphatic carbocycles. The third-order valence-electron chi connectivity index (χ3n) is 3.46. The van der Waals surface area contributed by atoms with Crippen LogP contribution >= 0.6 is 11.6 Å². The third kappa shape index (κ3) is 5.65. The van der Waals surface area contributed by atoms with E-state index in [1.807, 2.05) is 0 Å². The summed E-state index contributed by atoms with van der Waals surface area (Å²) in [4.78, 5) is 39.4. The lowest BCUT2D eigenvalue weighted by Gasteiger charge is -2.17. The largest absolute Gasteiger partial charge is 0.476 e. The van der Waals surface area contributed by atoms with Crippen LogP contribution in [0, 0.1) is 17.0 Å². The van der Waals surface area contributed by atoms with Crippen LogP contribution in [0.2, 0.25) is 5.02 Å². The first-order chi connectivity index (χ1) is 12.8. The number of hydrogen-bond acceptors (Lipinski definition) is 6. The Labute approximate surface area is 160 Å². The van der Waals surface area contributed by atoms with Gasteiger partial charge in [-0.1, -0.05) is 23.7 Å². The molecule has 9 nitrogen and oxygen atoms in total. The highest BCUT2D eigenvalue weighted by Gasteiger charge is 2.20. The third-order valence-corrected chi connectivity index (χ3v) is 3.79. The minimum Gasteiger partial charge on any atom is -0.476 e. The molecule has 0 aliphatic rings. The van der Waals surface area contributed by atoms with Gasteiger partial charge in [0, 0.05) is 14.0 Å². The number of benzene rings is 1. The Morgan fingerprint density at radius 1 is 1.30 bits per heavy atom. The van der Waals surface area contributed by atoms with Crippen LogP contribution in [0.1, 0.15) is 5.69 Å². The van der Waals surface area contributed by atoms with E-state index in [0.29, 0.717) is 16.4 Å². The molecule has 10 heteroatoms. The fraction of sp³-hybridized carbons (Fsp3) is 0.235. The van der Waals surface area contributed by atoms with Crippen molar-refractivity contribution >= 4 is 34.9 Å². The summed E-state index contributed by atoms with van der Waals surface area (Å²) in [5, 5.41) is 14.0. The van der Waals surface area contributed by atoms with Gasteiger partial charge in [0.05, 0.1) is 17.3 Å². The van der Waals surface area contributed by atoms with Crippen molar-refractivity contribution in [3.05, 3.63) is 57.2 Å². The molecule has 0 unspecified atom stereocenters. The highest BCUT2D eigenvalue weighted by Crippen LogP contribution is 2.24. The first-order valence-corrected chi connectivity index (χ1v) is 8.19. The second kappa shape index (κ2) is 8.95. The van der Waals surface area contributed by atoms with Crippen LogP contribution in [0.5, 0.6) is 5.75 Å². The van der Waals surface area contributed by atoms with Crippen LogP contribution in [-0.2, 0) is 9.59 Å². The van der Waals surface area contributed by atoms with Crippen LogP contribution in [0.25, 0.3) is 0 Å². The molecule has 0 spiro atoms. The van der Waals surface area contributed by atoms with Gasteiger partial charge >= 0.3 is 5.82 Å². The van der Waals surface area contributed by atoms with Crippen molar-refractivity contribution in [2.45, 2.75) is 6.92 Å². The Morgan fingerprint density at radius 2 is 2.00 bits per heavy atom. The van der Waals surface area contributed by atoms with Crippen LogP contribution in [0.3, 0.4) is 0 Å². The number of nitrogens with one attached hydrogen (secondary N) is 1. The number of carbonyl (C=O) groups excluding carboxylic acids is 2. The summed E-state index contributed by atoms with van der Waals surface area (Å²) < 4.78 is 5.21. The summed E-state index contributed by atoms with van der Waals surface area (Å²) in [5.41, 5.74) is 0.886. The van der Waals surface area contributed by atoms with E-state index in [4.69, 9.17) is 16.3 Å². The van der Waals surface area contributed by atoms with Gasteiger partial charge in [0.25, 0.3) is 5.91 Å². The minimum atomic E-state index is -0.687. The number of anilines is 1. The highest BCUT2D eigenvalue weighted by molar-refractivity contribution is 6.33. The number of aryl methyl sites for hydroxylation is 1. The molecule has 0 aliphatic heterocycles. The minimum absolute atomic E-state index is 0.118. The van der Waals surface area contributed by atoms with Crippen LogP contribution in [-0.4, -0.2) is 46.8 Å². The lowest BCUT2D eigenvalue weighted by Crippen LogP contribution is -2.37. The molecule has 1 aromatic heterocycles. The van der Waals surface area contributed by atoms with Gasteiger partial charge in [0.15, 0.2) is 6.61 Å². The maximum Gasteiger partial charge on any atom is 0.406 e. The Morgan fingerprint density at radius 3 is 2.67 bits per heavy atom. The molecule has 1 aromatic carbocycles. The SMILES string of the molecule is Cc1ccc(OCC(=O)N(C)CC(=O)Nc2ccccc2Cl)c([N+](=O)[O-])n1. The Kier molecular flexibility index (Phi) is 6.67.